The molecule has 0 atom stereocenters. The van der Waals surface area contributed by atoms with Crippen LogP contribution in [0.3, 0.4) is 0 Å². The van der Waals surface area contributed by atoms with Gasteiger partial charge >= 0.3 is 6.18 Å². The second kappa shape index (κ2) is 5.30. The number of aromatic nitrogens is 4. The highest BCUT2D eigenvalue weighted by Crippen LogP contribution is 2.22. The maximum absolute atomic E-state index is 12.4. The van der Waals surface area contributed by atoms with E-state index >= 15 is 0 Å². The molecule has 10 heteroatoms. The van der Waals surface area contributed by atoms with Crippen LogP contribution in [0.15, 0.2) is 12.4 Å². The second-order valence-electron chi connectivity index (χ2n) is 4.79. The number of nitrogens with zero attached hydrogens (tertiary/aromatic N) is 6. The monoisotopic (exact) mass is 320 g/mol. The third-order valence-electron chi connectivity index (χ3n) is 3.30. The predicted octanol–water partition coefficient (Wildman–Crippen LogP) is 1.46. The zero-order valence-corrected chi connectivity index (χ0v) is 11.6. The first-order valence-electron chi connectivity index (χ1n) is 6.33. The predicted molar refractivity (Wildman–Crippen MR) is 70.5 cm³/mol. The molecule has 0 amide bonds. The fraction of sp³-hybridized carbons (Fsp3) is 0.545. The highest BCUT2D eigenvalue weighted by Gasteiger charge is 2.32. The quantitative estimate of drug-likeness (QED) is 0.784. The van der Waals surface area contributed by atoms with E-state index < -0.39 is 12.7 Å². The van der Waals surface area contributed by atoms with E-state index in [9.17, 15) is 13.2 Å². The molecule has 0 N–H and O–H groups in total. The van der Waals surface area contributed by atoms with Crippen molar-refractivity contribution in [3.8, 4) is 0 Å². The molecule has 114 valence electrons. The topological polar surface area (TPSA) is 49.6 Å². The smallest absolute Gasteiger partial charge is 0.354 e. The molecule has 0 saturated carbocycles. The molecule has 3 heterocycles. The number of rotatable bonds is 2. The van der Waals surface area contributed by atoms with Crippen molar-refractivity contribution in [2.75, 3.05) is 37.6 Å². The van der Waals surface area contributed by atoms with Crippen molar-refractivity contribution in [2.24, 2.45) is 0 Å². The van der Waals surface area contributed by atoms with E-state index in [1.165, 1.54) is 15.7 Å². The third kappa shape index (κ3) is 3.18. The molecule has 0 unspecified atom stereocenters. The first kappa shape index (κ1) is 14.3. The number of fused-ring (bicyclic) bond motifs is 1. The van der Waals surface area contributed by atoms with Crippen LogP contribution in [-0.2, 0) is 0 Å². The van der Waals surface area contributed by atoms with Crippen LogP contribution in [0, 0.1) is 0 Å². The average molecular weight is 321 g/mol. The number of halogens is 4. The van der Waals surface area contributed by atoms with Crippen LogP contribution in [0.1, 0.15) is 0 Å². The van der Waals surface area contributed by atoms with E-state index in [0.29, 0.717) is 37.8 Å². The van der Waals surface area contributed by atoms with Gasteiger partial charge in [0.05, 0.1) is 6.54 Å². The normalized spacial score (nSPS) is 17.6. The Hall–Kier alpha value is -1.61. The number of anilines is 1. The van der Waals surface area contributed by atoms with Crippen LogP contribution in [0.4, 0.5) is 19.0 Å². The summed E-state index contributed by atoms with van der Waals surface area (Å²) in [6.07, 6.45) is -2.80. The Morgan fingerprint density at radius 2 is 1.90 bits per heavy atom. The number of alkyl halides is 3. The molecular formula is C11H12ClF3N6. The van der Waals surface area contributed by atoms with Gasteiger partial charge in [0.1, 0.15) is 17.3 Å². The van der Waals surface area contributed by atoms with Crippen LogP contribution < -0.4 is 4.90 Å². The highest BCUT2D eigenvalue weighted by atomic mass is 35.5. The van der Waals surface area contributed by atoms with Gasteiger partial charge in [0.25, 0.3) is 5.78 Å². The van der Waals surface area contributed by atoms with Crippen molar-refractivity contribution in [3.63, 3.8) is 0 Å². The number of piperazine rings is 1. The average Bonchev–Trinajstić information content (AvgIpc) is 2.85. The molecular weight excluding hydrogens is 309 g/mol. The molecule has 0 spiro atoms. The maximum atomic E-state index is 12.4. The Labute approximate surface area is 123 Å². The summed E-state index contributed by atoms with van der Waals surface area (Å²) in [7, 11) is 0. The van der Waals surface area contributed by atoms with Gasteiger partial charge in [-0.15, -0.1) is 0 Å². The highest BCUT2D eigenvalue weighted by molar-refractivity contribution is 6.29. The Morgan fingerprint density at radius 1 is 1.19 bits per heavy atom. The molecule has 1 saturated heterocycles. The van der Waals surface area contributed by atoms with Crippen molar-refractivity contribution >= 4 is 23.2 Å². The lowest BCUT2D eigenvalue weighted by molar-refractivity contribution is -0.146. The van der Waals surface area contributed by atoms with Crippen LogP contribution in [0.25, 0.3) is 5.78 Å². The van der Waals surface area contributed by atoms with Gasteiger partial charge in [-0.2, -0.15) is 32.8 Å². The van der Waals surface area contributed by atoms with Crippen LogP contribution >= 0.6 is 11.6 Å². The summed E-state index contributed by atoms with van der Waals surface area (Å²) in [5, 5.41) is 4.34. The molecule has 2 aromatic heterocycles. The lowest BCUT2D eigenvalue weighted by Crippen LogP contribution is -2.49. The van der Waals surface area contributed by atoms with Gasteiger partial charge in [-0.1, -0.05) is 11.6 Å². The van der Waals surface area contributed by atoms with Gasteiger partial charge in [0, 0.05) is 32.2 Å². The van der Waals surface area contributed by atoms with Crippen LogP contribution in [-0.4, -0.2) is 63.4 Å². The van der Waals surface area contributed by atoms with Crippen molar-refractivity contribution < 1.29 is 13.2 Å². The van der Waals surface area contributed by atoms with E-state index in [2.05, 4.69) is 15.1 Å². The Kier molecular flexibility index (Phi) is 3.62. The molecule has 6 nitrogen and oxygen atoms in total. The molecule has 0 aliphatic carbocycles. The van der Waals surface area contributed by atoms with Gasteiger partial charge in [0.2, 0.25) is 0 Å². The van der Waals surface area contributed by atoms with E-state index in [1.807, 2.05) is 4.90 Å². The molecule has 1 aliphatic heterocycles. The van der Waals surface area contributed by atoms with Crippen molar-refractivity contribution in [2.45, 2.75) is 6.18 Å². The molecule has 1 aliphatic rings. The summed E-state index contributed by atoms with van der Waals surface area (Å²) in [6.45, 7) is 0.707. The first-order valence-corrected chi connectivity index (χ1v) is 6.70. The lowest BCUT2D eigenvalue weighted by Gasteiger charge is -2.36. The lowest BCUT2D eigenvalue weighted by atomic mass is 10.3. The van der Waals surface area contributed by atoms with Gasteiger partial charge in [0.15, 0.2) is 0 Å². The largest absolute Gasteiger partial charge is 0.401 e. The van der Waals surface area contributed by atoms with Crippen molar-refractivity contribution in [3.05, 3.63) is 17.5 Å². The van der Waals surface area contributed by atoms with Crippen LogP contribution in [0.5, 0.6) is 0 Å². The minimum Gasteiger partial charge on any atom is -0.354 e. The maximum Gasteiger partial charge on any atom is 0.401 e. The molecule has 0 aromatic carbocycles. The zero-order chi connectivity index (χ0) is 15.0. The Morgan fingerprint density at radius 3 is 2.57 bits per heavy atom. The second-order valence-corrected chi connectivity index (χ2v) is 5.17. The zero-order valence-electron chi connectivity index (χ0n) is 10.9. The molecule has 21 heavy (non-hydrogen) atoms. The summed E-state index contributed by atoms with van der Waals surface area (Å²) in [4.78, 5) is 11.3. The minimum absolute atomic E-state index is 0.281. The summed E-state index contributed by atoms with van der Waals surface area (Å²) < 4.78 is 38.7. The third-order valence-corrected chi connectivity index (χ3v) is 3.49. The fourth-order valence-electron chi connectivity index (χ4n) is 2.38. The van der Waals surface area contributed by atoms with Gasteiger partial charge < -0.3 is 4.90 Å². The molecule has 1 fully saturated rings. The SMILES string of the molecule is FC(F)(F)CN1CCN(c2cc(Cl)nc3ncnn23)CC1. The summed E-state index contributed by atoms with van der Waals surface area (Å²) in [5.74, 6) is 1.06. The van der Waals surface area contributed by atoms with Crippen molar-refractivity contribution in [1.29, 1.82) is 0 Å². The summed E-state index contributed by atoms with van der Waals surface area (Å²) in [5.41, 5.74) is 0. The number of hydrogen-bond donors (Lipinski definition) is 0. The summed E-state index contributed by atoms with van der Waals surface area (Å²) in [6, 6.07) is 1.64. The summed E-state index contributed by atoms with van der Waals surface area (Å²) >= 11 is 5.94. The molecule has 3 rings (SSSR count). The first-order chi connectivity index (χ1) is 9.92. The van der Waals surface area contributed by atoms with Gasteiger partial charge in [-0.25, -0.2) is 0 Å². The minimum atomic E-state index is -4.17. The Bertz CT molecular complexity index is 634. The van der Waals surface area contributed by atoms with E-state index in [-0.39, 0.29) is 5.15 Å². The van der Waals surface area contributed by atoms with E-state index in [4.69, 9.17) is 11.6 Å². The Balaban J connectivity index is 1.75. The van der Waals surface area contributed by atoms with E-state index in [0.717, 1.165) is 0 Å². The van der Waals surface area contributed by atoms with Crippen molar-refractivity contribution in [1.82, 2.24) is 24.5 Å². The fourth-order valence-corrected chi connectivity index (χ4v) is 2.56. The number of hydrogen-bond acceptors (Lipinski definition) is 5. The van der Waals surface area contributed by atoms with Gasteiger partial charge in [-0.3, -0.25) is 4.90 Å². The van der Waals surface area contributed by atoms with Crippen LogP contribution in [0.2, 0.25) is 5.15 Å². The van der Waals surface area contributed by atoms with Gasteiger partial charge in [-0.05, 0) is 0 Å². The standard InChI is InChI=1S/C11H12ClF3N6/c12-8-5-9(21-10(18-8)16-7-17-21)20-3-1-19(2-4-20)6-11(13,14)15/h5,7H,1-4,6H2. The molecule has 2 aromatic rings. The molecule has 0 bridgehead atoms. The molecule has 0 radical (unpaired) electrons. The van der Waals surface area contributed by atoms with E-state index in [1.54, 1.807) is 6.07 Å².